The molecule has 0 bridgehead atoms. The Hall–Kier alpha value is -2.37. The third-order valence-corrected chi connectivity index (χ3v) is 2.52. The van der Waals surface area contributed by atoms with Gasteiger partial charge in [0.2, 0.25) is 11.9 Å². The van der Waals surface area contributed by atoms with Gasteiger partial charge < -0.3 is 15.4 Å². The number of nitrogens with zero attached hydrogens (tertiary/aromatic N) is 3. The van der Waals surface area contributed by atoms with E-state index in [0.717, 1.165) is 17.8 Å². The van der Waals surface area contributed by atoms with Crippen LogP contribution in [0.1, 0.15) is 12.5 Å². The van der Waals surface area contributed by atoms with E-state index in [1.165, 1.54) is 7.11 Å². The van der Waals surface area contributed by atoms with Crippen molar-refractivity contribution in [2.75, 3.05) is 24.3 Å². The Bertz CT molecular complexity index is 558. The summed E-state index contributed by atoms with van der Waals surface area (Å²) in [5, 5.41) is 6.20. The lowest BCUT2D eigenvalue weighted by Gasteiger charge is -2.10. The summed E-state index contributed by atoms with van der Waals surface area (Å²) >= 11 is 0. The van der Waals surface area contributed by atoms with Crippen molar-refractivity contribution in [3.8, 4) is 6.01 Å². The maximum Gasteiger partial charge on any atom is 0.322 e. The van der Waals surface area contributed by atoms with E-state index in [9.17, 15) is 0 Å². The molecule has 0 aliphatic carbocycles. The van der Waals surface area contributed by atoms with Gasteiger partial charge in [-0.2, -0.15) is 15.0 Å². The molecule has 0 aliphatic rings. The average Bonchev–Trinajstić information content (AvgIpc) is 2.41. The van der Waals surface area contributed by atoms with Crippen LogP contribution in [0.3, 0.4) is 0 Å². The fraction of sp³-hybridized carbons (Fsp3) is 0.308. The van der Waals surface area contributed by atoms with Gasteiger partial charge in [-0.15, -0.1) is 0 Å². The van der Waals surface area contributed by atoms with Crippen LogP contribution >= 0.6 is 0 Å². The van der Waals surface area contributed by atoms with Crippen LogP contribution in [-0.2, 0) is 0 Å². The minimum absolute atomic E-state index is 0.280. The third kappa shape index (κ3) is 3.31. The van der Waals surface area contributed by atoms with E-state index in [1.54, 1.807) is 0 Å². The van der Waals surface area contributed by atoms with Gasteiger partial charge in [0.15, 0.2) is 0 Å². The van der Waals surface area contributed by atoms with Crippen LogP contribution in [0, 0.1) is 6.92 Å². The minimum Gasteiger partial charge on any atom is -0.467 e. The molecule has 0 spiro atoms. The van der Waals surface area contributed by atoms with E-state index >= 15 is 0 Å². The molecule has 0 atom stereocenters. The van der Waals surface area contributed by atoms with Crippen LogP contribution in [-0.4, -0.2) is 28.6 Å². The first-order valence-electron chi connectivity index (χ1n) is 6.09. The summed E-state index contributed by atoms with van der Waals surface area (Å²) in [5.74, 6) is 0.947. The molecule has 0 unspecified atom stereocenters. The van der Waals surface area contributed by atoms with Crippen LogP contribution in [0.4, 0.5) is 17.6 Å². The molecular formula is C13H17N5O. The van der Waals surface area contributed by atoms with Crippen LogP contribution in [0.5, 0.6) is 6.01 Å². The Labute approximate surface area is 112 Å². The molecular weight excluding hydrogens is 242 g/mol. The van der Waals surface area contributed by atoms with Gasteiger partial charge in [-0.1, -0.05) is 18.2 Å². The number of aryl methyl sites for hydroxylation is 1. The van der Waals surface area contributed by atoms with Crippen molar-refractivity contribution >= 4 is 17.6 Å². The highest BCUT2D eigenvalue weighted by molar-refractivity contribution is 5.58. The molecule has 0 amide bonds. The molecule has 2 rings (SSSR count). The zero-order chi connectivity index (χ0) is 13.7. The lowest BCUT2D eigenvalue weighted by atomic mass is 10.2. The van der Waals surface area contributed by atoms with Crippen molar-refractivity contribution in [1.82, 2.24) is 15.0 Å². The van der Waals surface area contributed by atoms with Gasteiger partial charge in [0.1, 0.15) is 0 Å². The van der Waals surface area contributed by atoms with E-state index in [2.05, 4.69) is 25.6 Å². The highest BCUT2D eigenvalue weighted by Gasteiger charge is 2.07. The summed E-state index contributed by atoms with van der Waals surface area (Å²) in [4.78, 5) is 12.6. The van der Waals surface area contributed by atoms with Gasteiger partial charge in [-0.05, 0) is 25.5 Å². The molecule has 0 radical (unpaired) electrons. The zero-order valence-corrected chi connectivity index (χ0v) is 11.3. The van der Waals surface area contributed by atoms with Crippen molar-refractivity contribution in [1.29, 1.82) is 0 Å². The van der Waals surface area contributed by atoms with E-state index in [-0.39, 0.29) is 6.01 Å². The van der Waals surface area contributed by atoms with E-state index in [1.807, 2.05) is 38.1 Å². The maximum atomic E-state index is 5.07. The topological polar surface area (TPSA) is 72.0 Å². The van der Waals surface area contributed by atoms with Crippen LogP contribution < -0.4 is 15.4 Å². The van der Waals surface area contributed by atoms with Crippen LogP contribution in [0.2, 0.25) is 0 Å². The maximum absolute atomic E-state index is 5.07. The Morgan fingerprint density at radius 2 is 1.84 bits per heavy atom. The third-order valence-electron chi connectivity index (χ3n) is 2.52. The van der Waals surface area contributed by atoms with Crippen molar-refractivity contribution in [3.63, 3.8) is 0 Å². The van der Waals surface area contributed by atoms with Crippen molar-refractivity contribution in [3.05, 3.63) is 29.8 Å². The molecule has 0 saturated heterocycles. The quantitative estimate of drug-likeness (QED) is 0.859. The highest BCUT2D eigenvalue weighted by Crippen LogP contribution is 2.19. The number of ether oxygens (including phenoxy) is 1. The van der Waals surface area contributed by atoms with Gasteiger partial charge in [0.25, 0.3) is 0 Å². The summed E-state index contributed by atoms with van der Waals surface area (Å²) in [6.07, 6.45) is 0. The molecule has 0 saturated carbocycles. The van der Waals surface area contributed by atoms with Gasteiger partial charge in [0, 0.05) is 12.2 Å². The summed E-state index contributed by atoms with van der Waals surface area (Å²) in [6, 6.07) is 8.21. The largest absolute Gasteiger partial charge is 0.467 e. The SMILES string of the molecule is CCNc1nc(Nc2ccccc2C)nc(OC)n1. The predicted octanol–water partition coefficient (Wildman–Crippen LogP) is 2.36. The molecule has 0 fully saturated rings. The predicted molar refractivity (Wildman–Crippen MR) is 75.0 cm³/mol. The molecule has 6 heteroatoms. The summed E-state index contributed by atoms with van der Waals surface area (Å²) in [7, 11) is 1.53. The number of anilines is 3. The molecule has 6 nitrogen and oxygen atoms in total. The number of hydrogen-bond donors (Lipinski definition) is 2. The van der Waals surface area contributed by atoms with E-state index < -0.39 is 0 Å². The first-order valence-corrected chi connectivity index (χ1v) is 6.09. The second-order valence-corrected chi connectivity index (χ2v) is 3.94. The van der Waals surface area contributed by atoms with Gasteiger partial charge >= 0.3 is 6.01 Å². The Morgan fingerprint density at radius 1 is 1.11 bits per heavy atom. The molecule has 1 aromatic carbocycles. The summed E-state index contributed by atoms with van der Waals surface area (Å²) in [5.41, 5.74) is 2.07. The lowest BCUT2D eigenvalue weighted by Crippen LogP contribution is -2.08. The van der Waals surface area contributed by atoms with Crippen LogP contribution in [0.15, 0.2) is 24.3 Å². The van der Waals surface area contributed by atoms with E-state index in [4.69, 9.17) is 4.74 Å². The molecule has 100 valence electrons. The number of rotatable bonds is 5. The number of benzene rings is 1. The molecule has 0 aliphatic heterocycles. The van der Waals surface area contributed by atoms with Gasteiger partial charge in [0.05, 0.1) is 7.11 Å². The highest BCUT2D eigenvalue weighted by atomic mass is 16.5. The lowest BCUT2D eigenvalue weighted by molar-refractivity contribution is 0.379. The first kappa shape index (κ1) is 13.1. The average molecular weight is 259 g/mol. The molecule has 19 heavy (non-hydrogen) atoms. The smallest absolute Gasteiger partial charge is 0.322 e. The summed E-state index contributed by atoms with van der Waals surface area (Å²) in [6.45, 7) is 4.73. The number of methoxy groups -OCH3 is 1. The minimum atomic E-state index is 0.280. The standard InChI is InChI=1S/C13H17N5O/c1-4-14-11-16-12(18-13(17-11)19-3)15-10-8-6-5-7-9(10)2/h5-8H,4H2,1-3H3,(H2,14,15,16,17,18). The number of para-hydroxylation sites is 1. The number of aromatic nitrogens is 3. The normalized spacial score (nSPS) is 10.1. The van der Waals surface area contributed by atoms with Gasteiger partial charge in [-0.25, -0.2) is 0 Å². The Kier molecular flexibility index (Phi) is 4.12. The summed E-state index contributed by atoms with van der Waals surface area (Å²) < 4.78 is 5.07. The fourth-order valence-corrected chi connectivity index (χ4v) is 1.57. The monoisotopic (exact) mass is 259 g/mol. The Morgan fingerprint density at radius 3 is 2.53 bits per heavy atom. The molecule has 2 N–H and O–H groups in total. The van der Waals surface area contributed by atoms with Crippen molar-refractivity contribution in [2.24, 2.45) is 0 Å². The molecule has 1 heterocycles. The van der Waals surface area contributed by atoms with Gasteiger partial charge in [-0.3, -0.25) is 0 Å². The molecule has 1 aromatic heterocycles. The van der Waals surface area contributed by atoms with Crippen molar-refractivity contribution < 1.29 is 4.74 Å². The fourth-order valence-electron chi connectivity index (χ4n) is 1.57. The first-order chi connectivity index (χ1) is 9.22. The zero-order valence-electron chi connectivity index (χ0n) is 11.3. The second-order valence-electron chi connectivity index (χ2n) is 3.94. The second kappa shape index (κ2) is 5.99. The van der Waals surface area contributed by atoms with Crippen LogP contribution in [0.25, 0.3) is 0 Å². The Balaban J connectivity index is 2.29. The van der Waals surface area contributed by atoms with E-state index in [0.29, 0.717) is 11.9 Å². The number of nitrogens with one attached hydrogen (secondary N) is 2. The number of hydrogen-bond acceptors (Lipinski definition) is 6. The molecule has 2 aromatic rings. The van der Waals surface area contributed by atoms with Crippen molar-refractivity contribution in [2.45, 2.75) is 13.8 Å².